The summed E-state index contributed by atoms with van der Waals surface area (Å²) in [7, 11) is 1.70. The quantitative estimate of drug-likeness (QED) is 0.503. The van der Waals surface area contributed by atoms with E-state index in [9.17, 15) is 4.79 Å². The van der Waals surface area contributed by atoms with Crippen molar-refractivity contribution < 1.29 is 9.53 Å². The SMILES string of the molecule is CN(C(=O)OC(C)(C)C)C1CN(C(=N)N)C1. The van der Waals surface area contributed by atoms with Gasteiger partial charge < -0.3 is 20.3 Å². The Balaban J connectivity index is 2.40. The van der Waals surface area contributed by atoms with Crippen molar-refractivity contribution in [1.29, 1.82) is 5.41 Å². The predicted octanol–water partition coefficient (Wildman–Crippen LogP) is 0.431. The molecule has 6 nitrogen and oxygen atoms in total. The number of rotatable bonds is 1. The Morgan fingerprint density at radius 2 is 2.00 bits per heavy atom. The van der Waals surface area contributed by atoms with Crippen LogP contribution in [0.1, 0.15) is 20.8 Å². The third-order valence-corrected chi connectivity index (χ3v) is 2.43. The Hall–Kier alpha value is -1.46. The van der Waals surface area contributed by atoms with Crippen molar-refractivity contribution in [2.75, 3.05) is 20.1 Å². The smallest absolute Gasteiger partial charge is 0.410 e. The van der Waals surface area contributed by atoms with Crippen LogP contribution in [0.5, 0.6) is 0 Å². The van der Waals surface area contributed by atoms with E-state index in [0.29, 0.717) is 13.1 Å². The standard InChI is InChI=1S/C10H20N4O2/c1-10(2,3)16-9(15)13(4)7-5-14(6-7)8(11)12/h7H,5-6H2,1-4H3,(H3,11,12). The molecule has 1 aliphatic heterocycles. The molecule has 0 radical (unpaired) electrons. The first-order chi connectivity index (χ1) is 7.20. The molecular weight excluding hydrogens is 208 g/mol. The highest BCUT2D eigenvalue weighted by Gasteiger charge is 2.34. The number of carbonyl (C=O) groups is 1. The van der Waals surface area contributed by atoms with Gasteiger partial charge in [-0.1, -0.05) is 0 Å². The molecule has 1 heterocycles. The van der Waals surface area contributed by atoms with Crippen molar-refractivity contribution in [1.82, 2.24) is 9.80 Å². The summed E-state index contributed by atoms with van der Waals surface area (Å²) >= 11 is 0. The second-order valence-electron chi connectivity index (χ2n) is 5.04. The maximum atomic E-state index is 11.7. The molecule has 6 heteroatoms. The van der Waals surface area contributed by atoms with Crippen molar-refractivity contribution in [2.45, 2.75) is 32.4 Å². The fourth-order valence-corrected chi connectivity index (χ4v) is 1.38. The van der Waals surface area contributed by atoms with Gasteiger partial charge in [0.1, 0.15) is 5.60 Å². The summed E-state index contributed by atoms with van der Waals surface area (Å²) in [5.74, 6) is 0.0499. The van der Waals surface area contributed by atoms with Crippen LogP contribution in [-0.2, 0) is 4.74 Å². The second-order valence-corrected chi connectivity index (χ2v) is 5.04. The van der Waals surface area contributed by atoms with Crippen LogP contribution in [0, 0.1) is 5.41 Å². The fourth-order valence-electron chi connectivity index (χ4n) is 1.38. The minimum atomic E-state index is -0.477. The highest BCUT2D eigenvalue weighted by atomic mass is 16.6. The van der Waals surface area contributed by atoms with Gasteiger partial charge in [-0.05, 0) is 20.8 Å². The number of guanidine groups is 1. The average molecular weight is 228 g/mol. The molecule has 0 unspecified atom stereocenters. The number of ether oxygens (including phenoxy) is 1. The number of nitrogens with two attached hydrogens (primary N) is 1. The van der Waals surface area contributed by atoms with Crippen molar-refractivity contribution in [2.24, 2.45) is 5.73 Å². The summed E-state index contributed by atoms with van der Waals surface area (Å²) in [6.45, 7) is 6.71. The maximum Gasteiger partial charge on any atom is 0.410 e. The Morgan fingerprint density at radius 3 is 2.38 bits per heavy atom. The lowest BCUT2D eigenvalue weighted by Crippen LogP contribution is -2.63. The van der Waals surface area contributed by atoms with E-state index < -0.39 is 5.60 Å². The van der Waals surface area contributed by atoms with E-state index in [1.165, 1.54) is 0 Å². The van der Waals surface area contributed by atoms with E-state index in [1.807, 2.05) is 20.8 Å². The molecule has 0 aromatic carbocycles. The molecule has 1 aliphatic rings. The monoisotopic (exact) mass is 228 g/mol. The molecule has 1 fully saturated rings. The molecule has 0 aliphatic carbocycles. The molecule has 3 N–H and O–H groups in total. The van der Waals surface area contributed by atoms with E-state index in [-0.39, 0.29) is 18.1 Å². The molecule has 0 atom stereocenters. The van der Waals surface area contributed by atoms with Gasteiger partial charge in [-0.15, -0.1) is 0 Å². The third-order valence-electron chi connectivity index (χ3n) is 2.43. The van der Waals surface area contributed by atoms with E-state index in [2.05, 4.69) is 0 Å². The zero-order valence-corrected chi connectivity index (χ0v) is 10.3. The lowest BCUT2D eigenvalue weighted by atomic mass is 10.1. The van der Waals surface area contributed by atoms with Gasteiger partial charge in [0.2, 0.25) is 0 Å². The highest BCUT2D eigenvalue weighted by molar-refractivity contribution is 5.76. The Labute approximate surface area is 95.8 Å². The Morgan fingerprint density at radius 1 is 1.50 bits per heavy atom. The van der Waals surface area contributed by atoms with Crippen LogP contribution in [0.4, 0.5) is 4.79 Å². The van der Waals surface area contributed by atoms with Crippen molar-refractivity contribution >= 4 is 12.1 Å². The van der Waals surface area contributed by atoms with E-state index >= 15 is 0 Å². The summed E-state index contributed by atoms with van der Waals surface area (Å²) in [6.07, 6.45) is -0.333. The van der Waals surface area contributed by atoms with E-state index in [4.69, 9.17) is 15.9 Å². The Bertz CT molecular complexity index is 292. The molecular formula is C10H20N4O2. The number of amides is 1. The zero-order chi connectivity index (χ0) is 12.5. The highest BCUT2D eigenvalue weighted by Crippen LogP contribution is 2.16. The molecule has 16 heavy (non-hydrogen) atoms. The van der Waals surface area contributed by atoms with Crippen molar-refractivity contribution in [3.63, 3.8) is 0 Å². The van der Waals surface area contributed by atoms with Gasteiger partial charge in [0.15, 0.2) is 5.96 Å². The van der Waals surface area contributed by atoms with Gasteiger partial charge in [-0.25, -0.2) is 4.79 Å². The number of likely N-dealkylation sites (tertiary alicyclic amines) is 1. The molecule has 1 saturated heterocycles. The van der Waals surface area contributed by atoms with Crippen molar-refractivity contribution in [3.8, 4) is 0 Å². The fraction of sp³-hybridized carbons (Fsp3) is 0.800. The number of nitrogens with zero attached hydrogens (tertiary/aromatic N) is 2. The average Bonchev–Trinajstić information content (AvgIpc) is 1.96. The van der Waals surface area contributed by atoms with Crippen LogP contribution < -0.4 is 5.73 Å². The molecule has 0 aromatic rings. The first kappa shape index (κ1) is 12.6. The lowest BCUT2D eigenvalue weighted by Gasteiger charge is -2.44. The molecule has 0 aromatic heterocycles. The lowest BCUT2D eigenvalue weighted by molar-refractivity contribution is 0.00733. The van der Waals surface area contributed by atoms with Gasteiger partial charge in [0.05, 0.1) is 6.04 Å². The first-order valence-corrected chi connectivity index (χ1v) is 5.25. The third kappa shape index (κ3) is 3.01. The molecule has 92 valence electrons. The summed E-state index contributed by atoms with van der Waals surface area (Å²) in [6, 6.07) is 0.0822. The summed E-state index contributed by atoms with van der Waals surface area (Å²) in [4.78, 5) is 14.9. The van der Waals surface area contributed by atoms with Crippen LogP contribution in [0.15, 0.2) is 0 Å². The normalized spacial score (nSPS) is 16.6. The van der Waals surface area contributed by atoms with Gasteiger partial charge in [-0.3, -0.25) is 5.41 Å². The largest absolute Gasteiger partial charge is 0.444 e. The summed E-state index contributed by atoms with van der Waals surface area (Å²) in [5, 5.41) is 7.20. The van der Waals surface area contributed by atoms with Gasteiger partial charge in [0.25, 0.3) is 0 Å². The molecule has 0 bridgehead atoms. The van der Waals surface area contributed by atoms with Crippen LogP contribution >= 0.6 is 0 Å². The maximum absolute atomic E-state index is 11.7. The first-order valence-electron chi connectivity index (χ1n) is 5.25. The minimum absolute atomic E-state index is 0.0499. The van der Waals surface area contributed by atoms with Crippen LogP contribution in [0.3, 0.4) is 0 Å². The number of hydrogen-bond acceptors (Lipinski definition) is 3. The number of nitrogens with one attached hydrogen (secondary N) is 1. The van der Waals surface area contributed by atoms with E-state index in [0.717, 1.165) is 0 Å². The van der Waals surface area contributed by atoms with Crippen LogP contribution in [0.2, 0.25) is 0 Å². The number of likely N-dealkylation sites (N-methyl/N-ethyl adjacent to an activating group) is 1. The number of carbonyl (C=O) groups excluding carboxylic acids is 1. The topological polar surface area (TPSA) is 82.7 Å². The Kier molecular flexibility index (Phi) is 3.30. The molecule has 0 saturated carbocycles. The second kappa shape index (κ2) is 4.19. The van der Waals surface area contributed by atoms with Gasteiger partial charge in [-0.2, -0.15) is 0 Å². The van der Waals surface area contributed by atoms with Crippen LogP contribution in [0.25, 0.3) is 0 Å². The molecule has 0 spiro atoms. The van der Waals surface area contributed by atoms with E-state index in [1.54, 1.807) is 16.8 Å². The van der Waals surface area contributed by atoms with Crippen molar-refractivity contribution in [3.05, 3.63) is 0 Å². The van der Waals surface area contributed by atoms with Gasteiger partial charge >= 0.3 is 6.09 Å². The minimum Gasteiger partial charge on any atom is -0.444 e. The zero-order valence-electron chi connectivity index (χ0n) is 10.3. The molecule has 1 amide bonds. The van der Waals surface area contributed by atoms with Crippen LogP contribution in [-0.4, -0.2) is 53.6 Å². The van der Waals surface area contributed by atoms with Gasteiger partial charge in [0, 0.05) is 20.1 Å². The molecule has 1 rings (SSSR count). The summed E-state index contributed by atoms with van der Waals surface area (Å²) < 4.78 is 5.24. The predicted molar refractivity (Wildman–Crippen MR) is 61.3 cm³/mol. The summed E-state index contributed by atoms with van der Waals surface area (Å²) in [5.41, 5.74) is 4.84. The number of hydrogen-bond donors (Lipinski definition) is 2.